The van der Waals surface area contributed by atoms with Crippen molar-refractivity contribution >= 4 is 12.0 Å². The number of nitrogens with zero attached hydrogens (tertiary/aromatic N) is 4. The first-order valence-corrected chi connectivity index (χ1v) is 12.9. The number of carbonyl (C=O) groups excluding carboxylic acids is 2. The van der Waals surface area contributed by atoms with Gasteiger partial charge in [-0.1, -0.05) is 35.5 Å². The Morgan fingerprint density at radius 2 is 1.89 bits per heavy atom. The highest BCUT2D eigenvalue weighted by atomic mass is 16.6. The van der Waals surface area contributed by atoms with E-state index in [1.165, 1.54) is 0 Å². The van der Waals surface area contributed by atoms with Crippen LogP contribution >= 0.6 is 0 Å². The number of ether oxygens (including phenoxy) is 2. The molecule has 2 aliphatic rings. The van der Waals surface area contributed by atoms with Crippen LogP contribution in [-0.4, -0.2) is 63.6 Å². The molecule has 2 fully saturated rings. The summed E-state index contributed by atoms with van der Waals surface area (Å²) in [7, 11) is 0. The van der Waals surface area contributed by atoms with Gasteiger partial charge in [0.1, 0.15) is 17.4 Å². The molecule has 1 aromatic carbocycles. The molecule has 202 valence electrons. The summed E-state index contributed by atoms with van der Waals surface area (Å²) < 4.78 is 22.4. The summed E-state index contributed by atoms with van der Waals surface area (Å²) in [6.07, 6.45) is 0.749. The fourth-order valence-corrected chi connectivity index (χ4v) is 4.40. The minimum absolute atomic E-state index is 0.00617. The van der Waals surface area contributed by atoms with Crippen molar-refractivity contribution in [2.24, 2.45) is 5.92 Å². The number of aromatic nitrogens is 3. The lowest BCUT2D eigenvalue weighted by atomic mass is 9.80. The highest BCUT2D eigenvalue weighted by Gasteiger charge is 2.37. The van der Waals surface area contributed by atoms with Crippen LogP contribution in [0.15, 0.2) is 45.3 Å². The molecule has 2 amide bonds. The predicted molar refractivity (Wildman–Crippen MR) is 135 cm³/mol. The van der Waals surface area contributed by atoms with Gasteiger partial charge in [0.25, 0.3) is 5.91 Å². The Labute approximate surface area is 220 Å². The Morgan fingerprint density at radius 1 is 1.16 bits per heavy atom. The van der Waals surface area contributed by atoms with Crippen molar-refractivity contribution in [3.05, 3.63) is 53.9 Å². The zero-order valence-corrected chi connectivity index (χ0v) is 22.0. The third-order valence-electron chi connectivity index (χ3n) is 6.62. The summed E-state index contributed by atoms with van der Waals surface area (Å²) in [5, 5.41) is 15.3. The molecular weight excluding hydrogens is 490 g/mol. The van der Waals surface area contributed by atoms with Crippen molar-refractivity contribution in [2.45, 2.75) is 64.2 Å². The molecule has 38 heavy (non-hydrogen) atoms. The van der Waals surface area contributed by atoms with Gasteiger partial charge in [0.15, 0.2) is 0 Å². The lowest BCUT2D eigenvalue weighted by Crippen LogP contribution is -2.53. The first kappa shape index (κ1) is 25.9. The highest BCUT2D eigenvalue weighted by Crippen LogP contribution is 2.37. The van der Waals surface area contributed by atoms with Crippen LogP contribution in [0.4, 0.5) is 4.79 Å². The number of amides is 2. The molecule has 0 radical (unpaired) electrons. The number of rotatable bonds is 8. The molecular formula is C27H33N5O6. The fraction of sp³-hybridized carbons (Fsp3) is 0.519. The molecule has 3 heterocycles. The molecule has 0 bridgehead atoms. The molecule has 3 aromatic rings. The summed E-state index contributed by atoms with van der Waals surface area (Å²) in [4.78, 5) is 26.3. The van der Waals surface area contributed by atoms with Crippen LogP contribution < -0.4 is 5.32 Å². The van der Waals surface area contributed by atoms with Gasteiger partial charge in [0, 0.05) is 42.6 Å². The van der Waals surface area contributed by atoms with Crippen LogP contribution in [-0.2, 0) is 9.47 Å². The number of hydrogen-bond donors (Lipinski definition) is 1. The summed E-state index contributed by atoms with van der Waals surface area (Å²) in [5.74, 6) is 1.18. The molecule has 0 spiro atoms. The maximum atomic E-state index is 12.6. The number of carbonyl (C=O) groups is 2. The van der Waals surface area contributed by atoms with Gasteiger partial charge in [-0.2, -0.15) is 0 Å². The quantitative estimate of drug-likeness (QED) is 0.457. The number of likely N-dealkylation sites (tertiary alicyclic amines) is 1. The summed E-state index contributed by atoms with van der Waals surface area (Å²) >= 11 is 0. The van der Waals surface area contributed by atoms with E-state index in [9.17, 15) is 9.59 Å². The SMILES string of the molecule is C[C@@H](OCC1CN(C(=O)OC(C)(C)C)C1)c1nnc(C2CC(NC(=O)c3cc(-c4ccccc4)no3)C2)o1. The van der Waals surface area contributed by atoms with Crippen LogP contribution in [0.1, 0.15) is 74.9 Å². The minimum atomic E-state index is -0.502. The van der Waals surface area contributed by atoms with Crippen LogP contribution in [0.5, 0.6) is 0 Å². The molecule has 2 aromatic heterocycles. The summed E-state index contributed by atoms with van der Waals surface area (Å²) in [6.45, 7) is 9.12. The van der Waals surface area contributed by atoms with E-state index in [0.29, 0.717) is 50.0 Å². The lowest BCUT2D eigenvalue weighted by Gasteiger charge is -2.39. The average Bonchev–Trinajstić information content (AvgIpc) is 3.50. The zero-order chi connectivity index (χ0) is 26.9. The molecule has 11 nitrogen and oxygen atoms in total. The van der Waals surface area contributed by atoms with Crippen molar-refractivity contribution in [1.29, 1.82) is 0 Å². The first-order valence-electron chi connectivity index (χ1n) is 12.9. The number of hydrogen-bond acceptors (Lipinski definition) is 9. The van der Waals surface area contributed by atoms with Crippen LogP contribution in [0.25, 0.3) is 11.3 Å². The number of benzene rings is 1. The molecule has 1 aliphatic carbocycles. The van der Waals surface area contributed by atoms with Crippen molar-refractivity contribution in [2.75, 3.05) is 19.7 Å². The van der Waals surface area contributed by atoms with E-state index in [1.807, 2.05) is 58.0 Å². The highest BCUT2D eigenvalue weighted by molar-refractivity contribution is 5.92. The maximum absolute atomic E-state index is 12.6. The monoisotopic (exact) mass is 523 g/mol. The van der Waals surface area contributed by atoms with Gasteiger partial charge in [-0.3, -0.25) is 4.79 Å². The van der Waals surface area contributed by atoms with E-state index in [1.54, 1.807) is 11.0 Å². The molecule has 1 saturated carbocycles. The minimum Gasteiger partial charge on any atom is -0.444 e. The van der Waals surface area contributed by atoms with Gasteiger partial charge in [0.2, 0.25) is 17.5 Å². The Kier molecular flexibility index (Phi) is 7.20. The smallest absolute Gasteiger partial charge is 0.410 e. The molecule has 0 unspecified atom stereocenters. The molecule has 5 rings (SSSR count). The van der Waals surface area contributed by atoms with Crippen molar-refractivity contribution in [1.82, 2.24) is 25.6 Å². The third-order valence-corrected chi connectivity index (χ3v) is 6.62. The predicted octanol–water partition coefficient (Wildman–Crippen LogP) is 4.35. The second kappa shape index (κ2) is 10.6. The Morgan fingerprint density at radius 3 is 2.61 bits per heavy atom. The van der Waals surface area contributed by atoms with Crippen molar-refractivity contribution in [3.63, 3.8) is 0 Å². The lowest BCUT2D eigenvalue weighted by molar-refractivity contribution is -0.0386. The number of nitrogens with one attached hydrogen (secondary N) is 1. The normalized spacial score (nSPS) is 20.4. The van der Waals surface area contributed by atoms with E-state index in [2.05, 4.69) is 20.7 Å². The largest absolute Gasteiger partial charge is 0.444 e. The molecule has 1 aliphatic heterocycles. The van der Waals surface area contributed by atoms with Gasteiger partial charge in [-0.15, -0.1) is 10.2 Å². The standard InChI is InChI=1S/C27H33N5O6/c1-16(35-15-17-13-32(14-17)26(34)37-27(2,3)4)24-29-30-25(36-24)19-10-20(11-19)28-23(33)22-12-21(31-38-22)18-8-6-5-7-9-18/h5-9,12,16-17,19-20H,10-11,13-15H2,1-4H3,(H,28,33)/t16-,19?,20?/m1/s1. The second-order valence-corrected chi connectivity index (χ2v) is 11.0. The van der Waals surface area contributed by atoms with Crippen molar-refractivity contribution in [3.8, 4) is 11.3 Å². The van der Waals surface area contributed by atoms with Gasteiger partial charge in [0.05, 0.1) is 6.61 Å². The van der Waals surface area contributed by atoms with E-state index < -0.39 is 5.60 Å². The van der Waals surface area contributed by atoms with Crippen molar-refractivity contribution < 1.29 is 28.0 Å². The molecule has 1 atom stereocenters. The van der Waals surface area contributed by atoms with Crippen LogP contribution in [0.3, 0.4) is 0 Å². The Balaban J connectivity index is 1.03. The van der Waals surface area contributed by atoms with Gasteiger partial charge in [-0.05, 0) is 40.5 Å². The van der Waals surface area contributed by atoms with Gasteiger partial charge >= 0.3 is 6.09 Å². The second-order valence-electron chi connectivity index (χ2n) is 11.0. The van der Waals surface area contributed by atoms with E-state index in [4.69, 9.17) is 18.4 Å². The molecule has 11 heteroatoms. The van der Waals surface area contributed by atoms with Gasteiger partial charge in [-0.25, -0.2) is 4.79 Å². The third kappa shape index (κ3) is 6.04. The van der Waals surface area contributed by atoms with Crippen LogP contribution in [0, 0.1) is 5.92 Å². The van der Waals surface area contributed by atoms with Gasteiger partial charge < -0.3 is 28.6 Å². The van der Waals surface area contributed by atoms with Crippen LogP contribution in [0.2, 0.25) is 0 Å². The first-order chi connectivity index (χ1) is 18.1. The van der Waals surface area contributed by atoms with E-state index in [0.717, 1.165) is 5.56 Å². The maximum Gasteiger partial charge on any atom is 0.410 e. The van der Waals surface area contributed by atoms with E-state index in [-0.39, 0.29) is 41.7 Å². The molecule has 1 saturated heterocycles. The molecule has 1 N–H and O–H groups in total. The average molecular weight is 524 g/mol. The Bertz CT molecular complexity index is 1250. The topological polar surface area (TPSA) is 133 Å². The summed E-state index contributed by atoms with van der Waals surface area (Å²) in [6, 6.07) is 11.2. The van der Waals surface area contributed by atoms with E-state index >= 15 is 0 Å². The zero-order valence-electron chi connectivity index (χ0n) is 22.0. The fourth-order valence-electron chi connectivity index (χ4n) is 4.40. The summed E-state index contributed by atoms with van der Waals surface area (Å²) in [5.41, 5.74) is 1.01. The Hall–Kier alpha value is -3.73.